The van der Waals surface area contributed by atoms with E-state index >= 15 is 0 Å². The molecule has 0 spiro atoms. The Bertz CT molecular complexity index is 794. The maximum Gasteiger partial charge on any atom is 0.335 e. The second kappa shape index (κ2) is 8.08. The van der Waals surface area contributed by atoms with Crippen LogP contribution in [0.3, 0.4) is 0 Å². The van der Waals surface area contributed by atoms with E-state index in [1.54, 1.807) is 0 Å². The van der Waals surface area contributed by atoms with E-state index in [9.17, 15) is 19.2 Å². The number of hydrogen-bond acceptors (Lipinski definition) is 4. The summed E-state index contributed by atoms with van der Waals surface area (Å²) in [5.41, 5.74) is -0.125. The van der Waals surface area contributed by atoms with Gasteiger partial charge in [0.05, 0.1) is 23.6 Å². The van der Waals surface area contributed by atoms with Crippen LogP contribution in [-0.2, 0) is 0 Å². The van der Waals surface area contributed by atoms with Gasteiger partial charge in [0.25, 0.3) is 0 Å². The highest BCUT2D eigenvalue weighted by Crippen LogP contribution is 2.04. The lowest BCUT2D eigenvalue weighted by Crippen LogP contribution is -1.99. The number of rotatable bonds is 4. The van der Waals surface area contributed by atoms with Crippen molar-refractivity contribution >= 4 is 23.9 Å². The van der Waals surface area contributed by atoms with Gasteiger partial charge in [0.2, 0.25) is 0 Å². The highest BCUT2D eigenvalue weighted by molar-refractivity contribution is 5.92. The molecule has 0 saturated carbocycles. The Morgan fingerprint density at radius 2 is 0.792 bits per heavy atom. The molecule has 0 atom stereocenters. The van der Waals surface area contributed by atoms with Gasteiger partial charge < -0.3 is 20.4 Å². The van der Waals surface area contributed by atoms with E-state index in [0.29, 0.717) is 0 Å². The van der Waals surface area contributed by atoms with Gasteiger partial charge >= 0.3 is 23.9 Å². The Hall–Kier alpha value is -3.68. The van der Waals surface area contributed by atoms with E-state index in [1.807, 2.05) is 0 Å². The smallest absolute Gasteiger partial charge is 0.335 e. The molecule has 0 fully saturated rings. The standard InChI is InChI=1S/2C8H6O4/c2*9-7(10)5-1-2-6(4-3-5)8(11)12/h2*1-4H,(H,9,10)(H,11,12)/i1D;. The Kier molecular flexibility index (Phi) is 5.62. The van der Waals surface area contributed by atoms with Gasteiger partial charge in [0, 0.05) is 0 Å². The highest BCUT2D eigenvalue weighted by atomic mass is 16.4. The summed E-state index contributed by atoms with van der Waals surface area (Å²) >= 11 is 0. The van der Waals surface area contributed by atoms with E-state index in [1.165, 1.54) is 24.3 Å². The highest BCUT2D eigenvalue weighted by Gasteiger charge is 2.05. The number of carboxylic acids is 4. The minimum absolute atomic E-state index is 0.0833. The zero-order valence-electron chi connectivity index (χ0n) is 13.0. The number of benzene rings is 2. The van der Waals surface area contributed by atoms with Crippen LogP contribution in [0.5, 0.6) is 0 Å². The quantitative estimate of drug-likeness (QED) is 0.665. The number of hydrogen-bond donors (Lipinski definition) is 4. The predicted octanol–water partition coefficient (Wildman–Crippen LogP) is 2.17. The van der Waals surface area contributed by atoms with Gasteiger partial charge in [-0.15, -0.1) is 0 Å². The van der Waals surface area contributed by atoms with E-state index in [2.05, 4.69) is 0 Å². The fourth-order valence-corrected chi connectivity index (χ4v) is 1.45. The molecule has 0 amide bonds. The summed E-state index contributed by atoms with van der Waals surface area (Å²) in [5.74, 6) is -4.54. The molecule has 0 bridgehead atoms. The second-order valence-electron chi connectivity index (χ2n) is 4.29. The third-order valence-electron chi connectivity index (χ3n) is 2.67. The Morgan fingerprint density at radius 3 is 1.04 bits per heavy atom. The lowest BCUT2D eigenvalue weighted by Gasteiger charge is -1.94. The number of aromatic carboxylic acids is 4. The Labute approximate surface area is 136 Å². The molecule has 124 valence electrons. The second-order valence-corrected chi connectivity index (χ2v) is 4.29. The van der Waals surface area contributed by atoms with Gasteiger partial charge in [-0.05, 0) is 48.5 Å². The summed E-state index contributed by atoms with van der Waals surface area (Å²) in [6, 6.07) is 7.99. The van der Waals surface area contributed by atoms with Crippen LogP contribution in [0.15, 0.2) is 48.5 Å². The van der Waals surface area contributed by atoms with E-state index in [0.717, 1.165) is 18.2 Å². The van der Waals surface area contributed by atoms with Crippen molar-refractivity contribution in [3.8, 4) is 0 Å². The van der Waals surface area contributed by atoms with Crippen LogP contribution in [-0.4, -0.2) is 44.3 Å². The molecule has 2 rings (SSSR count). The van der Waals surface area contributed by atoms with Crippen LogP contribution in [0.4, 0.5) is 0 Å². The molecule has 2 aromatic carbocycles. The summed E-state index contributed by atoms with van der Waals surface area (Å²) < 4.78 is 7.19. The minimum atomic E-state index is -1.23. The largest absolute Gasteiger partial charge is 0.478 e. The van der Waals surface area contributed by atoms with Crippen molar-refractivity contribution in [3.63, 3.8) is 0 Å². The molecular formula is C16H12O8. The summed E-state index contributed by atoms with van der Waals surface area (Å²) in [5, 5.41) is 34.0. The van der Waals surface area contributed by atoms with Crippen molar-refractivity contribution < 1.29 is 41.0 Å². The van der Waals surface area contributed by atoms with Crippen LogP contribution >= 0.6 is 0 Å². The molecule has 8 heteroatoms. The van der Waals surface area contributed by atoms with Gasteiger partial charge in [-0.25, -0.2) is 19.2 Å². The topological polar surface area (TPSA) is 149 Å². The van der Waals surface area contributed by atoms with Gasteiger partial charge in [0.1, 0.15) is 0 Å². The first kappa shape index (κ1) is 16.7. The summed E-state index contributed by atoms with van der Waals surface area (Å²) in [7, 11) is 0. The van der Waals surface area contributed by atoms with Crippen LogP contribution in [0, 0.1) is 0 Å². The van der Waals surface area contributed by atoms with Crippen LogP contribution in [0.1, 0.15) is 42.8 Å². The maximum atomic E-state index is 10.4. The molecular weight excluding hydrogens is 320 g/mol. The molecule has 0 aliphatic carbocycles. The molecule has 8 nitrogen and oxygen atoms in total. The Balaban J connectivity index is 0.000000251. The normalized spacial score (nSPS) is 9.92. The molecule has 4 N–H and O–H groups in total. The van der Waals surface area contributed by atoms with Crippen molar-refractivity contribution in [2.45, 2.75) is 0 Å². The van der Waals surface area contributed by atoms with Gasteiger partial charge in [-0.3, -0.25) is 0 Å². The molecule has 0 aromatic heterocycles. The van der Waals surface area contributed by atoms with Crippen molar-refractivity contribution in [3.05, 3.63) is 70.8 Å². The fourth-order valence-electron chi connectivity index (χ4n) is 1.45. The van der Waals surface area contributed by atoms with E-state index in [-0.39, 0.29) is 28.3 Å². The summed E-state index contributed by atoms with van der Waals surface area (Å²) in [4.78, 5) is 41.5. The molecule has 0 heterocycles. The van der Waals surface area contributed by atoms with Crippen molar-refractivity contribution in [1.29, 1.82) is 0 Å². The van der Waals surface area contributed by atoms with Crippen molar-refractivity contribution in [2.24, 2.45) is 0 Å². The first-order valence-corrected chi connectivity index (χ1v) is 6.27. The van der Waals surface area contributed by atoms with Crippen LogP contribution in [0.2, 0.25) is 0 Å². The monoisotopic (exact) mass is 333 g/mol. The zero-order valence-corrected chi connectivity index (χ0v) is 12.0. The van der Waals surface area contributed by atoms with Gasteiger partial charge in [-0.2, -0.15) is 0 Å². The van der Waals surface area contributed by atoms with Gasteiger partial charge in [-0.1, -0.05) is 0 Å². The molecule has 0 unspecified atom stereocenters. The summed E-state index contributed by atoms with van der Waals surface area (Å²) in [6.07, 6.45) is 0. The third kappa shape index (κ3) is 5.26. The average Bonchev–Trinajstić information content (AvgIpc) is 2.54. The van der Waals surface area contributed by atoms with E-state index < -0.39 is 23.9 Å². The average molecular weight is 333 g/mol. The molecule has 2 aromatic rings. The van der Waals surface area contributed by atoms with Crippen molar-refractivity contribution in [1.82, 2.24) is 0 Å². The maximum absolute atomic E-state index is 10.4. The zero-order chi connectivity index (χ0) is 19.1. The minimum Gasteiger partial charge on any atom is -0.478 e. The SMILES string of the molecule is O=C(O)c1ccc(C(=O)O)cc1.[2H]c1cc(C(=O)O)ccc1C(=O)O. The van der Waals surface area contributed by atoms with Gasteiger partial charge in [0.15, 0.2) is 0 Å². The molecule has 0 radical (unpaired) electrons. The lowest BCUT2D eigenvalue weighted by atomic mass is 10.1. The van der Waals surface area contributed by atoms with Crippen LogP contribution in [0.25, 0.3) is 0 Å². The van der Waals surface area contributed by atoms with E-state index in [4.69, 9.17) is 21.8 Å². The predicted molar refractivity (Wildman–Crippen MR) is 80.7 cm³/mol. The fraction of sp³-hybridized carbons (Fsp3) is 0. The molecule has 0 aliphatic rings. The first-order valence-electron chi connectivity index (χ1n) is 6.77. The summed E-state index contributed by atoms with van der Waals surface area (Å²) in [6.45, 7) is 0. The number of carbonyl (C=O) groups is 4. The third-order valence-corrected chi connectivity index (χ3v) is 2.67. The Morgan fingerprint density at radius 1 is 0.542 bits per heavy atom. The lowest BCUT2D eigenvalue weighted by molar-refractivity contribution is 0.0681. The molecule has 24 heavy (non-hydrogen) atoms. The van der Waals surface area contributed by atoms with Crippen LogP contribution < -0.4 is 0 Å². The molecule has 0 saturated heterocycles. The van der Waals surface area contributed by atoms with Crippen molar-refractivity contribution in [2.75, 3.05) is 0 Å². The number of carboxylic acid groups (broad SMARTS) is 4. The molecule has 0 aliphatic heterocycles. The first-order chi connectivity index (χ1) is 11.6.